The predicted octanol–water partition coefficient (Wildman–Crippen LogP) is 1.11. The van der Waals surface area contributed by atoms with Gasteiger partial charge in [0.2, 0.25) is 5.91 Å². The van der Waals surface area contributed by atoms with Crippen LogP contribution in [0.5, 0.6) is 0 Å². The van der Waals surface area contributed by atoms with Gasteiger partial charge < -0.3 is 20.3 Å². The Kier molecular flexibility index (Phi) is 5.85. The number of piperidine rings is 1. The van der Waals surface area contributed by atoms with Crippen LogP contribution >= 0.6 is 0 Å². The van der Waals surface area contributed by atoms with E-state index < -0.39 is 0 Å². The van der Waals surface area contributed by atoms with Gasteiger partial charge in [0.15, 0.2) is 0 Å². The van der Waals surface area contributed by atoms with Crippen molar-refractivity contribution in [3.05, 3.63) is 0 Å². The fraction of sp³-hybridized carbons (Fsp3) is 0.867. The van der Waals surface area contributed by atoms with E-state index in [-0.39, 0.29) is 24.1 Å². The van der Waals surface area contributed by atoms with Gasteiger partial charge in [0.25, 0.3) is 0 Å². The third-order valence-corrected chi connectivity index (χ3v) is 4.06. The first-order valence-corrected chi connectivity index (χ1v) is 8.03. The Morgan fingerprint density at radius 3 is 2.81 bits per heavy atom. The molecule has 0 spiro atoms. The number of likely N-dealkylation sites (tertiary alicyclic amines) is 1. The molecule has 2 atom stereocenters. The third kappa shape index (κ3) is 4.88. The maximum Gasteiger partial charge on any atom is 0.410 e. The fourth-order valence-corrected chi connectivity index (χ4v) is 2.95. The predicted molar refractivity (Wildman–Crippen MR) is 79.9 cm³/mol. The molecule has 0 bridgehead atoms. The van der Waals surface area contributed by atoms with Crippen LogP contribution in [0.15, 0.2) is 0 Å². The molecule has 0 saturated carbocycles. The lowest BCUT2D eigenvalue weighted by Gasteiger charge is -2.32. The largest absolute Gasteiger partial charge is 0.447 e. The number of nitrogens with one attached hydrogen (secondary N) is 2. The van der Waals surface area contributed by atoms with Crippen molar-refractivity contribution in [2.24, 2.45) is 5.92 Å². The topological polar surface area (TPSA) is 70.7 Å². The Hall–Kier alpha value is -1.30. The van der Waals surface area contributed by atoms with Gasteiger partial charge in [-0.25, -0.2) is 4.79 Å². The highest BCUT2D eigenvalue weighted by molar-refractivity contribution is 5.82. The first-order valence-electron chi connectivity index (χ1n) is 8.03. The third-order valence-electron chi connectivity index (χ3n) is 4.06. The maximum absolute atomic E-state index is 12.0. The number of ether oxygens (including phenoxy) is 1. The molecule has 120 valence electrons. The van der Waals surface area contributed by atoms with Gasteiger partial charge in [0, 0.05) is 19.6 Å². The molecule has 0 aromatic rings. The molecule has 2 unspecified atom stereocenters. The summed E-state index contributed by atoms with van der Waals surface area (Å²) in [5, 5.41) is 6.21. The van der Waals surface area contributed by atoms with Gasteiger partial charge in [-0.15, -0.1) is 0 Å². The van der Waals surface area contributed by atoms with Crippen LogP contribution in [-0.4, -0.2) is 55.2 Å². The Morgan fingerprint density at radius 2 is 2.14 bits per heavy atom. The van der Waals surface area contributed by atoms with Gasteiger partial charge in [0.1, 0.15) is 0 Å². The highest BCUT2D eigenvalue weighted by Crippen LogP contribution is 2.17. The van der Waals surface area contributed by atoms with Crippen molar-refractivity contribution in [1.29, 1.82) is 0 Å². The number of rotatable bonds is 4. The zero-order valence-electron chi connectivity index (χ0n) is 13.1. The van der Waals surface area contributed by atoms with Crippen molar-refractivity contribution in [2.75, 3.05) is 26.2 Å². The van der Waals surface area contributed by atoms with Gasteiger partial charge in [-0.1, -0.05) is 0 Å². The molecule has 2 rings (SSSR count). The second-order valence-corrected chi connectivity index (χ2v) is 6.28. The highest BCUT2D eigenvalue weighted by Gasteiger charge is 2.27. The Labute approximate surface area is 126 Å². The molecule has 2 saturated heterocycles. The fourth-order valence-electron chi connectivity index (χ4n) is 2.95. The normalized spacial score (nSPS) is 26.0. The Balaban J connectivity index is 1.73. The summed E-state index contributed by atoms with van der Waals surface area (Å²) >= 11 is 0. The van der Waals surface area contributed by atoms with E-state index in [1.807, 2.05) is 13.8 Å². The molecule has 6 heteroatoms. The molecular formula is C15H27N3O3. The summed E-state index contributed by atoms with van der Waals surface area (Å²) < 4.78 is 5.23. The minimum absolute atomic E-state index is 0.0319. The van der Waals surface area contributed by atoms with Crippen molar-refractivity contribution in [3.63, 3.8) is 0 Å². The summed E-state index contributed by atoms with van der Waals surface area (Å²) in [7, 11) is 0. The molecule has 2 aliphatic heterocycles. The maximum atomic E-state index is 12.0. The van der Waals surface area contributed by atoms with Crippen LogP contribution in [0.3, 0.4) is 0 Å². The van der Waals surface area contributed by atoms with E-state index in [1.54, 1.807) is 4.90 Å². The van der Waals surface area contributed by atoms with Crippen molar-refractivity contribution in [1.82, 2.24) is 15.5 Å². The van der Waals surface area contributed by atoms with Gasteiger partial charge in [-0.2, -0.15) is 0 Å². The SMILES string of the molecule is CC(C)OC(=O)N1CCCC(CNC(=O)C2CCCN2)C1. The zero-order chi connectivity index (χ0) is 15.2. The second-order valence-electron chi connectivity index (χ2n) is 6.28. The van der Waals surface area contributed by atoms with E-state index in [0.29, 0.717) is 19.0 Å². The minimum Gasteiger partial charge on any atom is -0.447 e. The summed E-state index contributed by atoms with van der Waals surface area (Å²) in [6.07, 6.45) is 3.67. The van der Waals surface area contributed by atoms with E-state index in [1.165, 1.54) is 0 Å². The number of hydrogen-bond donors (Lipinski definition) is 2. The van der Waals surface area contributed by atoms with Crippen molar-refractivity contribution in [3.8, 4) is 0 Å². The van der Waals surface area contributed by atoms with Gasteiger partial charge >= 0.3 is 6.09 Å². The molecule has 2 aliphatic rings. The van der Waals surface area contributed by atoms with Crippen molar-refractivity contribution >= 4 is 12.0 Å². The lowest BCUT2D eigenvalue weighted by molar-refractivity contribution is -0.123. The molecule has 0 radical (unpaired) electrons. The van der Waals surface area contributed by atoms with E-state index in [9.17, 15) is 9.59 Å². The van der Waals surface area contributed by atoms with E-state index in [4.69, 9.17) is 4.74 Å². The van der Waals surface area contributed by atoms with E-state index >= 15 is 0 Å². The summed E-state index contributed by atoms with van der Waals surface area (Å²) in [6, 6.07) is -0.0319. The monoisotopic (exact) mass is 297 g/mol. The molecule has 2 fully saturated rings. The average Bonchev–Trinajstić information content (AvgIpc) is 2.98. The van der Waals surface area contributed by atoms with Crippen LogP contribution < -0.4 is 10.6 Å². The number of carbonyl (C=O) groups is 2. The molecule has 2 heterocycles. The van der Waals surface area contributed by atoms with E-state index in [0.717, 1.165) is 38.8 Å². The molecule has 21 heavy (non-hydrogen) atoms. The van der Waals surface area contributed by atoms with Gasteiger partial charge in [0.05, 0.1) is 12.1 Å². The van der Waals surface area contributed by atoms with E-state index in [2.05, 4.69) is 10.6 Å². The molecule has 0 aromatic heterocycles. The van der Waals surface area contributed by atoms with Gasteiger partial charge in [-0.05, 0) is 52.0 Å². The lowest BCUT2D eigenvalue weighted by atomic mass is 9.98. The average molecular weight is 297 g/mol. The number of amides is 2. The molecule has 2 N–H and O–H groups in total. The Bertz CT molecular complexity index is 367. The van der Waals surface area contributed by atoms with Crippen LogP contribution in [-0.2, 0) is 9.53 Å². The summed E-state index contributed by atoms with van der Waals surface area (Å²) in [6.45, 7) is 6.70. The number of hydrogen-bond acceptors (Lipinski definition) is 4. The zero-order valence-corrected chi connectivity index (χ0v) is 13.1. The van der Waals surface area contributed by atoms with Crippen LogP contribution in [0.1, 0.15) is 39.5 Å². The van der Waals surface area contributed by atoms with Crippen LogP contribution in [0.4, 0.5) is 4.79 Å². The number of carbonyl (C=O) groups excluding carboxylic acids is 2. The quantitative estimate of drug-likeness (QED) is 0.815. The molecule has 6 nitrogen and oxygen atoms in total. The second kappa shape index (κ2) is 7.64. The molecule has 0 aromatic carbocycles. The number of nitrogens with zero attached hydrogens (tertiary/aromatic N) is 1. The highest BCUT2D eigenvalue weighted by atomic mass is 16.6. The van der Waals surface area contributed by atoms with Crippen LogP contribution in [0.25, 0.3) is 0 Å². The van der Waals surface area contributed by atoms with Crippen LogP contribution in [0.2, 0.25) is 0 Å². The van der Waals surface area contributed by atoms with Gasteiger partial charge in [-0.3, -0.25) is 4.79 Å². The summed E-state index contributed by atoms with van der Waals surface area (Å²) in [5.74, 6) is 0.415. The van der Waals surface area contributed by atoms with Crippen molar-refractivity contribution in [2.45, 2.75) is 51.7 Å². The Morgan fingerprint density at radius 1 is 1.33 bits per heavy atom. The summed E-state index contributed by atoms with van der Waals surface area (Å²) in [4.78, 5) is 25.6. The smallest absolute Gasteiger partial charge is 0.410 e. The van der Waals surface area contributed by atoms with Crippen molar-refractivity contribution < 1.29 is 14.3 Å². The van der Waals surface area contributed by atoms with Crippen LogP contribution in [0, 0.1) is 5.92 Å². The molecule has 0 aliphatic carbocycles. The molecular weight excluding hydrogens is 270 g/mol. The summed E-state index contributed by atoms with van der Waals surface area (Å²) in [5.41, 5.74) is 0. The molecule has 2 amide bonds. The first kappa shape index (κ1) is 16.1. The standard InChI is InChI=1S/C15H27N3O3/c1-11(2)21-15(20)18-8-4-5-12(10-18)9-17-14(19)13-6-3-7-16-13/h11-13,16H,3-10H2,1-2H3,(H,17,19). The lowest BCUT2D eigenvalue weighted by Crippen LogP contribution is -2.47. The first-order chi connectivity index (χ1) is 10.1. The minimum atomic E-state index is -0.238.